The Kier molecular flexibility index (Phi) is 4.04. The van der Waals surface area contributed by atoms with Gasteiger partial charge in [0.15, 0.2) is 0 Å². The van der Waals surface area contributed by atoms with Crippen LogP contribution in [0.15, 0.2) is 23.5 Å². The second kappa shape index (κ2) is 6.15. The summed E-state index contributed by atoms with van der Waals surface area (Å²) in [4.78, 5) is 0. The maximum atomic E-state index is 6.20. The van der Waals surface area contributed by atoms with Crippen LogP contribution in [0.4, 0.5) is 0 Å². The molecule has 0 aromatic carbocycles. The van der Waals surface area contributed by atoms with Gasteiger partial charge in [0.2, 0.25) is 0 Å². The quantitative estimate of drug-likeness (QED) is 0.627. The van der Waals surface area contributed by atoms with E-state index in [1.54, 1.807) is 5.57 Å². The topological polar surface area (TPSA) is 18.5 Å². The van der Waals surface area contributed by atoms with Crippen LogP contribution in [0, 0.1) is 35.0 Å². The molecule has 0 aromatic heterocycles. The highest BCUT2D eigenvalue weighted by Gasteiger charge is 2.58. The number of rotatable bonds is 1. The largest absolute Gasteiger partial charge is 0.501 e. The maximum Gasteiger partial charge on any atom is 0.0958 e. The van der Waals surface area contributed by atoms with Crippen LogP contribution in [0.1, 0.15) is 64.7 Å². The molecule has 0 radical (unpaired) electrons. The van der Waals surface area contributed by atoms with Gasteiger partial charge in [-0.05, 0) is 91.6 Å². The van der Waals surface area contributed by atoms with Crippen molar-refractivity contribution in [3.8, 4) is 0 Å². The molecule has 0 amide bonds. The van der Waals surface area contributed by atoms with E-state index >= 15 is 0 Å². The minimum absolute atomic E-state index is 0.571. The van der Waals surface area contributed by atoms with Crippen LogP contribution in [0.3, 0.4) is 0 Å². The summed E-state index contributed by atoms with van der Waals surface area (Å²) in [5.74, 6) is 5.57. The molecule has 2 nitrogen and oxygen atoms in total. The van der Waals surface area contributed by atoms with Gasteiger partial charge in [-0.15, -0.1) is 0 Å². The predicted octanol–water partition coefficient (Wildman–Crippen LogP) is 5.49. The van der Waals surface area contributed by atoms with Crippen molar-refractivity contribution in [2.45, 2.75) is 70.8 Å². The molecule has 138 valence electrons. The smallest absolute Gasteiger partial charge is 0.0958 e. The molecule has 7 atom stereocenters. The average Bonchev–Trinajstić information content (AvgIpc) is 3.38. The first-order valence-electron chi connectivity index (χ1n) is 10.8. The van der Waals surface area contributed by atoms with Crippen LogP contribution in [-0.4, -0.2) is 19.8 Å². The van der Waals surface area contributed by atoms with E-state index in [9.17, 15) is 0 Å². The number of ether oxygens (including phenoxy) is 2. The highest BCUT2D eigenvalue weighted by Crippen LogP contribution is 2.63. The van der Waals surface area contributed by atoms with E-state index in [0.717, 1.165) is 42.6 Å². The SMILES string of the molecule is COC1=CC2=CCC3C(CCC4(C)CCCCO[C@@H]5CC5C34)C2CC1. The molecule has 2 saturated carbocycles. The monoisotopic (exact) mass is 342 g/mol. The van der Waals surface area contributed by atoms with Crippen molar-refractivity contribution >= 4 is 0 Å². The van der Waals surface area contributed by atoms with E-state index in [4.69, 9.17) is 9.47 Å². The zero-order valence-electron chi connectivity index (χ0n) is 16.0. The standard InChI is InChI=1S/C23H34O2/c1-23-10-3-4-12-25-21-14-20(21)22(23)19-7-5-15-13-16(24-2)6-8-17(15)18(19)9-11-23/h5,13,17-22H,3-4,6-12,14H2,1-2H3/t17?,18?,19?,20?,21-,22?,23?/m1/s1. The number of fused-ring (bicyclic) bond motifs is 7. The van der Waals surface area contributed by atoms with E-state index in [0.29, 0.717) is 11.5 Å². The van der Waals surface area contributed by atoms with Crippen molar-refractivity contribution in [3.63, 3.8) is 0 Å². The van der Waals surface area contributed by atoms with Crippen molar-refractivity contribution < 1.29 is 9.47 Å². The summed E-state index contributed by atoms with van der Waals surface area (Å²) < 4.78 is 11.8. The molecule has 5 aliphatic rings. The number of methoxy groups -OCH3 is 1. The summed E-state index contributed by atoms with van der Waals surface area (Å²) in [7, 11) is 1.83. The van der Waals surface area contributed by atoms with Gasteiger partial charge in [0.25, 0.3) is 0 Å². The molecule has 0 spiro atoms. The molecule has 2 heteroatoms. The van der Waals surface area contributed by atoms with Gasteiger partial charge >= 0.3 is 0 Å². The van der Waals surface area contributed by atoms with Gasteiger partial charge in [0.1, 0.15) is 0 Å². The Bertz CT molecular complexity index is 591. The molecule has 6 unspecified atom stereocenters. The molecule has 5 rings (SSSR count). The minimum atomic E-state index is 0.571. The third-order valence-corrected chi connectivity index (χ3v) is 8.44. The molecule has 25 heavy (non-hydrogen) atoms. The van der Waals surface area contributed by atoms with Crippen molar-refractivity contribution in [1.82, 2.24) is 0 Å². The summed E-state index contributed by atoms with van der Waals surface area (Å²) in [5.41, 5.74) is 2.17. The van der Waals surface area contributed by atoms with Gasteiger partial charge in [-0.2, -0.15) is 0 Å². The first kappa shape index (κ1) is 16.4. The minimum Gasteiger partial charge on any atom is -0.501 e. The lowest BCUT2D eigenvalue weighted by Crippen LogP contribution is -2.47. The fraction of sp³-hybridized carbons (Fsp3) is 0.826. The molecule has 0 N–H and O–H groups in total. The van der Waals surface area contributed by atoms with Crippen molar-refractivity contribution in [2.75, 3.05) is 13.7 Å². The van der Waals surface area contributed by atoms with Gasteiger partial charge < -0.3 is 9.47 Å². The van der Waals surface area contributed by atoms with Crippen LogP contribution < -0.4 is 0 Å². The van der Waals surface area contributed by atoms with Gasteiger partial charge in [-0.25, -0.2) is 0 Å². The fourth-order valence-corrected chi connectivity index (χ4v) is 7.17. The fourth-order valence-electron chi connectivity index (χ4n) is 7.17. The normalized spacial score (nSPS) is 48.9. The van der Waals surface area contributed by atoms with E-state index in [-0.39, 0.29) is 0 Å². The van der Waals surface area contributed by atoms with Crippen LogP contribution in [0.25, 0.3) is 0 Å². The summed E-state index contributed by atoms with van der Waals surface area (Å²) >= 11 is 0. The van der Waals surface area contributed by atoms with Gasteiger partial charge in [0.05, 0.1) is 19.0 Å². The molecule has 1 heterocycles. The average molecular weight is 343 g/mol. The number of allylic oxidation sites excluding steroid dienone is 4. The summed E-state index contributed by atoms with van der Waals surface area (Å²) in [6.45, 7) is 3.65. The van der Waals surface area contributed by atoms with Crippen LogP contribution in [0.5, 0.6) is 0 Å². The van der Waals surface area contributed by atoms with Crippen molar-refractivity contribution in [1.29, 1.82) is 0 Å². The Morgan fingerprint density at radius 2 is 2.04 bits per heavy atom. The van der Waals surface area contributed by atoms with Crippen molar-refractivity contribution in [3.05, 3.63) is 23.5 Å². The van der Waals surface area contributed by atoms with Gasteiger partial charge in [-0.3, -0.25) is 0 Å². The molecule has 1 aliphatic heterocycles. The molecule has 4 aliphatic carbocycles. The van der Waals surface area contributed by atoms with Gasteiger partial charge in [0, 0.05) is 13.0 Å². The molecular formula is C23H34O2. The Hall–Kier alpha value is -0.760. The summed E-state index contributed by atoms with van der Waals surface area (Å²) in [6.07, 6.45) is 17.6. The molecule has 1 saturated heterocycles. The Morgan fingerprint density at radius 3 is 2.92 bits per heavy atom. The molecular weight excluding hydrogens is 308 g/mol. The number of hydrogen-bond donors (Lipinski definition) is 0. The second-order valence-corrected chi connectivity index (χ2v) is 9.71. The summed E-state index contributed by atoms with van der Waals surface area (Å²) in [6, 6.07) is 0. The first-order valence-corrected chi connectivity index (χ1v) is 10.8. The molecule has 0 bridgehead atoms. The zero-order valence-corrected chi connectivity index (χ0v) is 16.0. The van der Waals surface area contributed by atoms with Crippen LogP contribution >= 0.6 is 0 Å². The lowest BCUT2D eigenvalue weighted by atomic mass is 9.50. The van der Waals surface area contributed by atoms with E-state index in [1.165, 1.54) is 57.1 Å². The van der Waals surface area contributed by atoms with E-state index < -0.39 is 0 Å². The lowest BCUT2D eigenvalue weighted by molar-refractivity contribution is -0.0338. The second-order valence-electron chi connectivity index (χ2n) is 9.71. The van der Waals surface area contributed by atoms with Gasteiger partial charge in [-0.1, -0.05) is 19.4 Å². The highest BCUT2D eigenvalue weighted by atomic mass is 16.5. The lowest BCUT2D eigenvalue weighted by Gasteiger charge is -2.54. The molecule has 0 aromatic rings. The third-order valence-electron chi connectivity index (χ3n) is 8.44. The Morgan fingerprint density at radius 1 is 1.12 bits per heavy atom. The maximum absolute atomic E-state index is 6.20. The highest BCUT2D eigenvalue weighted by molar-refractivity contribution is 5.31. The first-order chi connectivity index (χ1) is 12.2. The number of hydrogen-bond acceptors (Lipinski definition) is 2. The van der Waals surface area contributed by atoms with E-state index in [1.807, 2.05) is 7.11 Å². The Balaban J connectivity index is 1.46. The predicted molar refractivity (Wildman–Crippen MR) is 100 cm³/mol. The Labute approximate surface area is 153 Å². The molecule has 3 fully saturated rings. The zero-order chi connectivity index (χ0) is 17.0. The van der Waals surface area contributed by atoms with Crippen molar-refractivity contribution in [2.24, 2.45) is 35.0 Å². The van der Waals surface area contributed by atoms with Crippen LogP contribution in [0.2, 0.25) is 0 Å². The van der Waals surface area contributed by atoms with Crippen LogP contribution in [-0.2, 0) is 9.47 Å². The summed E-state index contributed by atoms with van der Waals surface area (Å²) in [5, 5.41) is 0. The third kappa shape index (κ3) is 2.71. The van der Waals surface area contributed by atoms with E-state index in [2.05, 4.69) is 19.1 Å².